The summed E-state index contributed by atoms with van der Waals surface area (Å²) in [6.45, 7) is 0. The molecule has 3 rings (SSSR count). The summed E-state index contributed by atoms with van der Waals surface area (Å²) in [5, 5.41) is 9.00. The maximum atomic E-state index is 3.72. The van der Waals surface area contributed by atoms with E-state index in [0.717, 1.165) is 5.88 Å². The van der Waals surface area contributed by atoms with Crippen molar-refractivity contribution in [3.8, 4) is 0 Å². The average Bonchev–Trinajstić information content (AvgIpc) is 2.43. The summed E-state index contributed by atoms with van der Waals surface area (Å²) in [4.78, 5) is 0. The summed E-state index contributed by atoms with van der Waals surface area (Å²) in [5.74, 6) is 1.06. The fourth-order valence-electron chi connectivity index (χ4n) is 2.60. The third kappa shape index (κ3) is 3.16. The van der Waals surface area contributed by atoms with E-state index in [2.05, 4.69) is 84.9 Å². The lowest BCUT2D eigenvalue weighted by Gasteiger charge is -2.47. The van der Waals surface area contributed by atoms with E-state index < -0.39 is 9.16 Å². The van der Waals surface area contributed by atoms with Crippen molar-refractivity contribution >= 4 is 36.4 Å². The molecule has 0 spiro atoms. The van der Waals surface area contributed by atoms with Gasteiger partial charge >= 0.3 is 0 Å². The Kier molecular flexibility index (Phi) is 3.18. The van der Waals surface area contributed by atoms with Gasteiger partial charge in [0.2, 0.25) is 0 Å². The zero-order valence-corrected chi connectivity index (χ0v) is 14.2. The van der Waals surface area contributed by atoms with Gasteiger partial charge in [-0.2, -0.15) is 0 Å². The molecule has 0 aromatic heterocycles. The topological polar surface area (TPSA) is 12.0 Å². The van der Waals surface area contributed by atoms with Crippen LogP contribution in [0.1, 0.15) is 0 Å². The molecule has 0 heterocycles. The van der Waals surface area contributed by atoms with Gasteiger partial charge in [-0.05, 0) is 47.2 Å². The highest BCUT2D eigenvalue weighted by atomic mass is 32.3. The van der Waals surface area contributed by atoms with Crippen molar-refractivity contribution in [2.45, 2.75) is 0 Å². The predicted molar refractivity (Wildman–Crippen MR) is 103 cm³/mol. The zero-order valence-electron chi connectivity index (χ0n) is 13.4. The van der Waals surface area contributed by atoms with Crippen molar-refractivity contribution in [2.24, 2.45) is 0 Å². The van der Waals surface area contributed by atoms with Crippen molar-refractivity contribution in [2.75, 3.05) is 36.2 Å². The van der Waals surface area contributed by atoms with Crippen LogP contribution in [0.15, 0.2) is 54.6 Å². The highest BCUT2D eigenvalue weighted by molar-refractivity contribution is 8.47. The Hall–Kier alpha value is -1.67. The van der Waals surface area contributed by atoms with E-state index in [1.807, 2.05) is 0 Å². The minimum atomic E-state index is -1.57. The van der Waals surface area contributed by atoms with E-state index in [-0.39, 0.29) is 0 Å². The third-order valence-electron chi connectivity index (χ3n) is 3.67. The van der Waals surface area contributed by atoms with Gasteiger partial charge in [-0.15, -0.1) is 0 Å². The fourth-order valence-corrected chi connectivity index (χ4v) is 3.40. The van der Waals surface area contributed by atoms with Gasteiger partial charge < -0.3 is 5.32 Å². The Balaban J connectivity index is 2.17. The molecule has 1 nitrogen and oxygen atoms in total. The van der Waals surface area contributed by atoms with Gasteiger partial charge in [0.25, 0.3) is 0 Å². The Morgan fingerprint density at radius 3 is 2.00 bits per heavy atom. The number of thiol groups is 1. The van der Waals surface area contributed by atoms with Crippen LogP contribution in [0.2, 0.25) is 0 Å². The van der Waals surface area contributed by atoms with Crippen LogP contribution in [-0.4, -0.2) is 30.9 Å². The summed E-state index contributed by atoms with van der Waals surface area (Å²) in [5.41, 5.74) is 1.26. The highest BCUT2D eigenvalue weighted by Crippen LogP contribution is 2.55. The molecule has 0 bridgehead atoms. The molecule has 0 fully saturated rings. The Morgan fingerprint density at radius 1 is 0.762 bits per heavy atom. The Morgan fingerprint density at radius 2 is 1.33 bits per heavy atom. The number of benzene rings is 3. The molecule has 3 aromatic rings. The lowest BCUT2D eigenvalue weighted by atomic mass is 10.0. The third-order valence-corrected chi connectivity index (χ3v) is 5.09. The second-order valence-electron chi connectivity index (χ2n) is 7.97. The number of anilines is 1. The van der Waals surface area contributed by atoms with Crippen LogP contribution in [0.4, 0.5) is 5.69 Å². The zero-order chi connectivity index (χ0) is 15.1. The van der Waals surface area contributed by atoms with E-state index in [4.69, 9.17) is 0 Å². The van der Waals surface area contributed by atoms with Crippen molar-refractivity contribution in [3.05, 3.63) is 54.6 Å². The van der Waals surface area contributed by atoms with Crippen LogP contribution >= 0.6 is 9.16 Å². The molecule has 0 aliphatic heterocycles. The molecule has 21 heavy (non-hydrogen) atoms. The van der Waals surface area contributed by atoms with Crippen LogP contribution in [0.3, 0.4) is 0 Å². The lowest BCUT2D eigenvalue weighted by molar-refractivity contribution is 1.45. The van der Waals surface area contributed by atoms with Gasteiger partial charge in [0.05, 0.1) is 0 Å². The van der Waals surface area contributed by atoms with Crippen LogP contribution in [0.5, 0.6) is 0 Å². The normalized spacial score (nSPS) is 14.0. The molecular weight excluding hydrogens is 274 g/mol. The van der Waals surface area contributed by atoms with Gasteiger partial charge in [-0.25, -0.2) is 0 Å². The maximum absolute atomic E-state index is 3.72. The fraction of sp³-hybridized carbons (Fsp3) is 0.263. The summed E-state index contributed by atoms with van der Waals surface area (Å²) < 4.78 is 0. The van der Waals surface area contributed by atoms with Gasteiger partial charge in [0, 0.05) is 17.0 Å². The molecule has 0 amide bonds. The van der Waals surface area contributed by atoms with Crippen LogP contribution in [0, 0.1) is 0 Å². The number of fused-ring (bicyclic) bond motifs is 3. The second-order valence-corrected chi connectivity index (χ2v) is 16.2. The minimum absolute atomic E-state index is 1.06. The summed E-state index contributed by atoms with van der Waals surface area (Å²) in [6, 6.07) is 19.6. The van der Waals surface area contributed by atoms with E-state index in [9.17, 15) is 0 Å². The van der Waals surface area contributed by atoms with Crippen LogP contribution in [-0.2, 0) is 0 Å². The van der Waals surface area contributed by atoms with E-state index in [1.165, 1.54) is 27.2 Å². The molecular formula is C19H25NS. The predicted octanol–water partition coefficient (Wildman–Crippen LogP) is 4.95. The number of hydrogen-bond donors (Lipinski definition) is 2. The van der Waals surface area contributed by atoms with Crippen molar-refractivity contribution < 1.29 is 0 Å². The van der Waals surface area contributed by atoms with E-state index in [0.29, 0.717) is 0 Å². The van der Waals surface area contributed by atoms with Crippen molar-refractivity contribution in [1.82, 2.24) is 0 Å². The smallest absolute Gasteiger partial charge is 0.0431 e. The lowest BCUT2D eigenvalue weighted by Crippen LogP contribution is -2.21. The first kappa shape index (κ1) is 14.3. The quantitative estimate of drug-likeness (QED) is 0.515. The van der Waals surface area contributed by atoms with Gasteiger partial charge in [-0.3, -0.25) is 9.16 Å². The highest BCUT2D eigenvalue weighted by Gasteiger charge is 2.18. The van der Waals surface area contributed by atoms with E-state index in [1.54, 1.807) is 0 Å². The summed E-state index contributed by atoms with van der Waals surface area (Å²) >= 11 is 0. The Bertz CT molecular complexity index is 803. The molecule has 0 unspecified atom stereocenters. The molecule has 0 aliphatic carbocycles. The number of nitrogens with one attached hydrogen (secondary N) is 1. The second kappa shape index (κ2) is 4.67. The Labute approximate surface area is 127 Å². The van der Waals surface area contributed by atoms with E-state index >= 15 is 0 Å². The molecule has 0 saturated heterocycles. The monoisotopic (exact) mass is 299 g/mol. The SMILES string of the molecule is C[SH](C)(C)(C)CNc1cc2ccccc2c2ccccc12. The molecule has 0 aliphatic rings. The molecule has 0 saturated carbocycles. The first-order chi connectivity index (χ1) is 9.80. The minimum Gasteiger partial charge on any atom is -0.378 e. The standard InChI is InChI=1S/C19H25NS/c1-21(2,3,4)14-20-19-13-15-9-5-6-10-16(15)17-11-7-8-12-18(17)19/h5-13,20-21H,14H2,1-4H3. The first-order valence-electron chi connectivity index (χ1n) is 7.44. The molecule has 2 heteroatoms. The number of rotatable bonds is 3. The molecule has 1 N–H and O–H groups in total. The van der Waals surface area contributed by atoms with Gasteiger partial charge in [0.1, 0.15) is 0 Å². The molecule has 3 aromatic carbocycles. The number of hydrogen-bond acceptors (Lipinski definition) is 1. The summed E-state index contributed by atoms with van der Waals surface area (Å²) in [6.07, 6.45) is 9.62. The maximum Gasteiger partial charge on any atom is 0.0431 e. The molecule has 0 atom stereocenters. The summed E-state index contributed by atoms with van der Waals surface area (Å²) in [7, 11) is -1.57. The van der Waals surface area contributed by atoms with Crippen molar-refractivity contribution in [1.29, 1.82) is 0 Å². The largest absolute Gasteiger partial charge is 0.378 e. The van der Waals surface area contributed by atoms with Crippen molar-refractivity contribution in [3.63, 3.8) is 0 Å². The molecule has 112 valence electrons. The van der Waals surface area contributed by atoms with Crippen LogP contribution in [0.25, 0.3) is 21.5 Å². The first-order valence-corrected chi connectivity index (χ1v) is 11.7. The van der Waals surface area contributed by atoms with Crippen LogP contribution < -0.4 is 5.32 Å². The van der Waals surface area contributed by atoms with Gasteiger partial charge in [0.15, 0.2) is 0 Å². The molecule has 0 radical (unpaired) electrons. The average molecular weight is 299 g/mol. The van der Waals surface area contributed by atoms with Gasteiger partial charge in [-0.1, -0.05) is 48.5 Å².